The van der Waals surface area contributed by atoms with E-state index in [9.17, 15) is 26.3 Å². The summed E-state index contributed by atoms with van der Waals surface area (Å²) in [7, 11) is 0. The van der Waals surface area contributed by atoms with Crippen LogP contribution in [0.1, 0.15) is 75.7 Å². The maximum atomic E-state index is 12.8. The SMILES string of the molecule is CC(C)(C)C(C[N-]OC(C)(C)C(F)(F)F)COC(C)(C)C(F)(F)F.[Ar].[CH2-]C([CH2-])C(C)(C)C.[CH2-]C[CH2-].[W+2].[W+2].[W]. The van der Waals surface area contributed by atoms with Gasteiger partial charge >= 0.3 is 54.5 Å². The molecule has 38 heavy (non-hydrogen) atoms. The molecule has 0 N–H and O–H groups in total. The summed E-state index contributed by atoms with van der Waals surface area (Å²) in [5.74, 6) is -0.254. The average Bonchev–Trinajstić information content (AvgIpc) is 2.55. The number of hydrogen-bond acceptors (Lipinski definition) is 2. The Kier molecular flexibility index (Phi) is 34.5. The van der Waals surface area contributed by atoms with E-state index in [1.165, 1.54) is 0 Å². The van der Waals surface area contributed by atoms with Gasteiger partial charge in [0.2, 0.25) is 0 Å². The van der Waals surface area contributed by atoms with Gasteiger partial charge in [-0.25, -0.2) is 0 Å². The van der Waals surface area contributed by atoms with Gasteiger partial charge in [0.1, 0.15) is 5.60 Å². The summed E-state index contributed by atoms with van der Waals surface area (Å²) in [6.07, 6.45) is -8.41. The molecule has 0 radical (unpaired) electrons. The van der Waals surface area contributed by atoms with E-state index >= 15 is 0 Å². The molecule has 0 aliphatic carbocycles. The van der Waals surface area contributed by atoms with Crippen molar-refractivity contribution in [2.75, 3.05) is 13.2 Å². The van der Waals surface area contributed by atoms with Gasteiger partial charge < -0.3 is 49.2 Å². The first-order chi connectivity index (χ1) is 14.7. The first-order valence-corrected chi connectivity index (χ1v) is 11.0. The summed E-state index contributed by atoms with van der Waals surface area (Å²) in [6, 6.07) is 0. The van der Waals surface area contributed by atoms with Gasteiger partial charge in [-0.15, -0.1) is 6.54 Å². The minimum atomic E-state index is -4.61. The van der Waals surface area contributed by atoms with Crippen molar-refractivity contribution in [3.8, 4) is 0 Å². The zero-order valence-electron chi connectivity index (χ0n) is 24.2. The van der Waals surface area contributed by atoms with Gasteiger partial charge in [-0.3, -0.25) is 5.92 Å². The maximum Gasteiger partial charge on any atom is 2.00 e. The molecule has 13 heteroatoms. The molecule has 0 aliphatic heterocycles. The molecule has 0 aromatic heterocycles. The smallest absolute Gasteiger partial charge is 0.533 e. The van der Waals surface area contributed by atoms with Crippen LogP contribution in [0, 0.1) is 88.1 Å². The van der Waals surface area contributed by atoms with E-state index in [0.717, 1.165) is 34.1 Å². The van der Waals surface area contributed by atoms with Gasteiger partial charge in [-0.2, -0.15) is 26.3 Å². The second-order valence-electron chi connectivity index (χ2n) is 11.2. The Morgan fingerprint density at radius 1 is 0.684 bits per heavy atom. The molecule has 0 saturated heterocycles. The molecule has 0 saturated carbocycles. The number of rotatable bonds is 7. The zero-order chi connectivity index (χ0) is 28.4. The van der Waals surface area contributed by atoms with Gasteiger partial charge in [-0.1, -0.05) is 47.0 Å². The molecule has 1 unspecified atom stereocenters. The van der Waals surface area contributed by atoms with Crippen molar-refractivity contribution in [3.05, 3.63) is 33.2 Å². The van der Waals surface area contributed by atoms with Crippen LogP contribution in [0.5, 0.6) is 0 Å². The number of alkyl halides is 6. The fraction of sp³-hybridized carbons (Fsp3) is 0.840. The molecule has 0 aliphatic rings. The van der Waals surface area contributed by atoms with E-state index in [1.54, 1.807) is 20.8 Å². The number of hydrogen-bond donors (Lipinski definition) is 0. The van der Waals surface area contributed by atoms with E-state index in [2.05, 4.69) is 58.8 Å². The van der Waals surface area contributed by atoms with Crippen molar-refractivity contribution in [3.63, 3.8) is 0 Å². The molecule has 0 bridgehead atoms. The minimum Gasteiger partial charge on any atom is -0.533 e. The summed E-state index contributed by atoms with van der Waals surface area (Å²) in [5.41, 5.74) is -1.62. The van der Waals surface area contributed by atoms with Crippen molar-refractivity contribution in [2.24, 2.45) is 22.7 Å². The summed E-state index contributed by atoms with van der Waals surface area (Å²) in [6.45, 7) is 28.9. The van der Waals surface area contributed by atoms with Crippen LogP contribution in [0.15, 0.2) is 0 Å². The fourth-order valence-corrected chi connectivity index (χ4v) is 1.31. The Balaban J connectivity index is -0.000000117. The standard InChI is InChI=1S/C15H26F6NO2.C7H14.C3H6.Ar.3W/c1-11(2,3)10(9-23-12(4,5)14(16,17)18)8-22-24-13(6,7)15(19,20)21;1-6(2)7(3,4)5;1-3-2;;;;/h10H,8-9H2,1-7H3;6H,1-2H2,3-5H3;1-3H2;;;;/q-1;2*-2;;;2*+2. The summed E-state index contributed by atoms with van der Waals surface area (Å²) < 4.78 is 81.5. The molecular formula is C25H46ArF6NO2W3-. The second-order valence-corrected chi connectivity index (χ2v) is 11.2. The average molecular weight is 1100 g/mol. The van der Waals surface area contributed by atoms with Crippen molar-refractivity contribution in [2.45, 2.75) is 99.2 Å². The van der Waals surface area contributed by atoms with Crippen LogP contribution < -0.4 is 0 Å². The van der Waals surface area contributed by atoms with Crippen LogP contribution in [-0.4, -0.2) is 36.7 Å². The maximum absolute atomic E-state index is 12.8. The Labute approximate surface area is 302 Å². The molecule has 232 valence electrons. The van der Waals surface area contributed by atoms with E-state index in [1.807, 2.05) is 0 Å². The molecule has 3 nitrogen and oxygen atoms in total. The van der Waals surface area contributed by atoms with Gasteiger partial charge in [-0.05, 0) is 39.0 Å². The van der Waals surface area contributed by atoms with Crippen LogP contribution in [0.2, 0.25) is 0 Å². The first-order valence-electron chi connectivity index (χ1n) is 11.0. The van der Waals surface area contributed by atoms with Crippen molar-refractivity contribution >= 4 is 0 Å². The Hall–Kier alpha value is 2.78. The summed E-state index contributed by atoms with van der Waals surface area (Å²) >= 11 is 0. The van der Waals surface area contributed by atoms with Crippen LogP contribution in [-0.2, 0) is 72.8 Å². The molecule has 0 amide bonds. The molecule has 0 heterocycles. The number of hydroxylamine groups is 1. The van der Waals surface area contributed by atoms with E-state index < -0.39 is 34.9 Å². The Morgan fingerprint density at radius 3 is 1.18 bits per heavy atom. The molecule has 0 rings (SSSR count). The van der Waals surface area contributed by atoms with Gasteiger partial charge in [0.05, 0.1) is 0 Å². The van der Waals surface area contributed by atoms with Crippen molar-refractivity contribution in [1.29, 1.82) is 0 Å². The fourth-order valence-electron chi connectivity index (χ4n) is 1.31. The number of nitrogens with zero attached hydrogens (tertiary/aromatic N) is 1. The third kappa shape index (κ3) is 26.4. The zero-order valence-corrected chi connectivity index (χ0v) is 33.7. The van der Waals surface area contributed by atoms with Crippen LogP contribution in [0.3, 0.4) is 0 Å². The van der Waals surface area contributed by atoms with E-state index in [4.69, 9.17) is 4.74 Å². The first kappa shape index (κ1) is 56.6. The number of halogens is 6. The predicted molar refractivity (Wildman–Crippen MR) is 127 cm³/mol. The van der Waals surface area contributed by atoms with Crippen LogP contribution in [0.25, 0.3) is 5.48 Å². The third-order valence-corrected chi connectivity index (χ3v) is 5.05. The molecule has 1 atom stereocenters. The summed E-state index contributed by atoms with van der Waals surface area (Å²) in [4.78, 5) is 4.54. The largest absolute Gasteiger partial charge is 2.00 e. The molecule has 0 spiro atoms. The van der Waals surface area contributed by atoms with Gasteiger partial charge in [0.25, 0.3) is 0 Å². The quantitative estimate of drug-likeness (QED) is 0.145. The second kappa shape index (κ2) is 23.2. The third-order valence-electron chi connectivity index (χ3n) is 5.05. The number of ether oxygens (including phenoxy) is 1. The van der Waals surface area contributed by atoms with Gasteiger partial charge in [0.15, 0.2) is 5.60 Å². The predicted octanol–water partition coefficient (Wildman–Crippen LogP) is 9.01. The molecule has 0 fully saturated rings. The minimum absolute atomic E-state index is 0. The van der Waals surface area contributed by atoms with Crippen molar-refractivity contribution in [1.82, 2.24) is 0 Å². The van der Waals surface area contributed by atoms with Crippen LogP contribution in [0.4, 0.5) is 26.3 Å². The molecule has 0 aromatic rings. The van der Waals surface area contributed by atoms with E-state index in [0.29, 0.717) is 5.92 Å². The molecule has 0 aromatic carbocycles. The topological polar surface area (TPSA) is 32.6 Å². The Bertz CT molecular complexity index is 549. The van der Waals surface area contributed by atoms with E-state index in [-0.39, 0.29) is 120 Å². The van der Waals surface area contributed by atoms with Crippen molar-refractivity contribution < 1.29 is 137 Å². The van der Waals surface area contributed by atoms with Gasteiger partial charge in [0, 0.05) is 65.4 Å². The normalized spacial score (nSPS) is 13.2. The summed E-state index contributed by atoms with van der Waals surface area (Å²) in [5, 5.41) is 0. The monoisotopic (exact) mass is 1100 g/mol. The Morgan fingerprint density at radius 2 is 0.974 bits per heavy atom. The molecular weight excluding hydrogens is 1050 g/mol. The van der Waals surface area contributed by atoms with Crippen LogP contribution >= 0.6 is 0 Å².